The molecule has 1 heterocycles. The third-order valence-corrected chi connectivity index (χ3v) is 7.13. The lowest BCUT2D eigenvalue weighted by atomic mass is 9.96. The fourth-order valence-electron chi connectivity index (χ4n) is 3.33. The molecule has 0 unspecified atom stereocenters. The van der Waals surface area contributed by atoms with E-state index in [0.29, 0.717) is 45.3 Å². The van der Waals surface area contributed by atoms with Crippen LogP contribution < -0.4 is 14.8 Å². The number of halogens is 3. The molecule has 12 heteroatoms. The number of carbonyl (C=O) groups excluding carboxylic acids is 2. The van der Waals surface area contributed by atoms with Crippen molar-refractivity contribution in [3.8, 4) is 5.75 Å². The van der Waals surface area contributed by atoms with Crippen LogP contribution in [-0.2, 0) is 14.8 Å². The molecule has 2 amide bonds. The molecule has 2 aliphatic rings. The van der Waals surface area contributed by atoms with E-state index in [-0.39, 0.29) is 29.2 Å². The molecule has 1 aromatic rings. The Labute approximate surface area is 178 Å². The standard InChI is InChI=1S/C19H24F3N3O5S/c20-19(21,22)30-15-3-1-2-14(10-15)18(27)23-11-13-6-8-25(9-7-13)17(26)12-24-31(28,29)16-4-5-16/h1-3,10,13,16,24H,4-9,11-12H2,(H,23,27). The zero-order chi connectivity index (χ0) is 22.6. The maximum atomic E-state index is 12.3. The van der Waals surface area contributed by atoms with Gasteiger partial charge in [-0.2, -0.15) is 0 Å². The summed E-state index contributed by atoms with van der Waals surface area (Å²) in [5, 5.41) is 2.32. The number of ether oxygens (including phenoxy) is 1. The number of nitrogens with one attached hydrogen (secondary N) is 2. The second-order valence-corrected chi connectivity index (χ2v) is 9.72. The van der Waals surface area contributed by atoms with Gasteiger partial charge in [-0.25, -0.2) is 13.1 Å². The van der Waals surface area contributed by atoms with Crippen LogP contribution in [0.4, 0.5) is 13.2 Å². The van der Waals surface area contributed by atoms with Crippen molar-refractivity contribution >= 4 is 21.8 Å². The molecular formula is C19H24F3N3O5S. The summed E-state index contributed by atoms with van der Waals surface area (Å²) in [5.74, 6) is -1.16. The second kappa shape index (κ2) is 9.43. The highest BCUT2D eigenvalue weighted by Crippen LogP contribution is 2.27. The van der Waals surface area contributed by atoms with Gasteiger partial charge in [-0.05, 0) is 49.8 Å². The number of rotatable bonds is 8. The SMILES string of the molecule is O=C(NCC1CCN(C(=O)CNS(=O)(=O)C2CC2)CC1)c1cccc(OC(F)(F)F)c1. The van der Waals surface area contributed by atoms with Gasteiger partial charge in [0.2, 0.25) is 15.9 Å². The molecule has 3 rings (SSSR count). The normalized spacial score (nSPS) is 18.0. The van der Waals surface area contributed by atoms with Crippen molar-refractivity contribution < 1.29 is 35.9 Å². The first-order valence-corrected chi connectivity index (χ1v) is 11.5. The Kier molecular flexibility index (Phi) is 7.10. The summed E-state index contributed by atoms with van der Waals surface area (Å²) in [5.41, 5.74) is 0.0531. The van der Waals surface area contributed by atoms with E-state index in [1.54, 1.807) is 4.90 Å². The summed E-state index contributed by atoms with van der Waals surface area (Å²) in [4.78, 5) is 26.0. The van der Waals surface area contributed by atoms with Gasteiger partial charge in [-0.3, -0.25) is 9.59 Å². The summed E-state index contributed by atoms with van der Waals surface area (Å²) in [6.07, 6.45) is -2.34. The molecule has 1 aromatic carbocycles. The number of sulfonamides is 1. The van der Waals surface area contributed by atoms with Gasteiger partial charge in [0.15, 0.2) is 0 Å². The van der Waals surface area contributed by atoms with Crippen LogP contribution in [0, 0.1) is 5.92 Å². The van der Waals surface area contributed by atoms with Crippen LogP contribution in [0.15, 0.2) is 24.3 Å². The predicted molar refractivity (Wildman–Crippen MR) is 105 cm³/mol. The third-order valence-electron chi connectivity index (χ3n) is 5.24. The number of benzene rings is 1. The number of amides is 2. The molecule has 0 radical (unpaired) electrons. The van der Waals surface area contributed by atoms with Gasteiger partial charge in [0, 0.05) is 25.2 Å². The summed E-state index contributed by atoms with van der Waals surface area (Å²) >= 11 is 0. The highest BCUT2D eigenvalue weighted by atomic mass is 32.2. The third kappa shape index (κ3) is 7.10. The van der Waals surface area contributed by atoms with Gasteiger partial charge >= 0.3 is 6.36 Å². The molecule has 1 aliphatic carbocycles. The number of carbonyl (C=O) groups is 2. The molecule has 1 saturated carbocycles. The molecular weight excluding hydrogens is 439 g/mol. The lowest BCUT2D eigenvalue weighted by Gasteiger charge is -2.32. The first-order valence-electron chi connectivity index (χ1n) is 9.94. The molecule has 1 aliphatic heterocycles. The number of alkyl halides is 3. The predicted octanol–water partition coefficient (Wildman–Crippen LogP) is 1.64. The van der Waals surface area contributed by atoms with Crippen LogP contribution in [-0.4, -0.2) is 62.9 Å². The van der Waals surface area contributed by atoms with Crippen molar-refractivity contribution in [3.05, 3.63) is 29.8 Å². The van der Waals surface area contributed by atoms with E-state index in [4.69, 9.17) is 0 Å². The molecule has 0 atom stereocenters. The van der Waals surface area contributed by atoms with Gasteiger partial charge in [-0.1, -0.05) is 6.07 Å². The number of likely N-dealkylation sites (tertiary alicyclic amines) is 1. The zero-order valence-corrected chi connectivity index (χ0v) is 17.5. The highest BCUT2D eigenvalue weighted by molar-refractivity contribution is 7.90. The van der Waals surface area contributed by atoms with Gasteiger partial charge in [0.25, 0.3) is 5.91 Å². The molecule has 0 spiro atoms. The van der Waals surface area contributed by atoms with E-state index in [1.807, 2.05) is 0 Å². The van der Waals surface area contributed by atoms with Crippen molar-refractivity contribution in [3.63, 3.8) is 0 Å². The second-order valence-electron chi connectivity index (χ2n) is 7.68. The maximum Gasteiger partial charge on any atom is 0.573 e. The largest absolute Gasteiger partial charge is 0.573 e. The minimum Gasteiger partial charge on any atom is -0.406 e. The lowest BCUT2D eigenvalue weighted by Crippen LogP contribution is -2.45. The fraction of sp³-hybridized carbons (Fsp3) is 0.579. The number of nitrogens with zero attached hydrogens (tertiary/aromatic N) is 1. The summed E-state index contributed by atoms with van der Waals surface area (Å²) in [6.45, 7) is 0.953. The van der Waals surface area contributed by atoms with Crippen molar-refractivity contribution in [1.29, 1.82) is 0 Å². The molecule has 172 valence electrons. The maximum absolute atomic E-state index is 12.3. The first kappa shape index (κ1) is 23.3. The highest BCUT2D eigenvalue weighted by Gasteiger charge is 2.36. The van der Waals surface area contributed by atoms with Gasteiger partial charge in [0.1, 0.15) is 5.75 Å². The van der Waals surface area contributed by atoms with Gasteiger partial charge in [0.05, 0.1) is 11.8 Å². The van der Waals surface area contributed by atoms with Gasteiger partial charge in [-0.15, -0.1) is 13.2 Å². The minimum atomic E-state index is -4.84. The Morgan fingerprint density at radius 1 is 1.13 bits per heavy atom. The van der Waals surface area contributed by atoms with E-state index in [2.05, 4.69) is 14.8 Å². The molecule has 1 saturated heterocycles. The monoisotopic (exact) mass is 463 g/mol. The molecule has 2 fully saturated rings. The van der Waals surface area contributed by atoms with Crippen molar-refractivity contribution in [1.82, 2.24) is 14.9 Å². The van der Waals surface area contributed by atoms with Crippen LogP contribution in [0.5, 0.6) is 5.75 Å². The fourth-order valence-corrected chi connectivity index (χ4v) is 4.65. The number of piperidine rings is 1. The zero-order valence-electron chi connectivity index (χ0n) is 16.7. The van der Waals surface area contributed by atoms with Crippen LogP contribution >= 0.6 is 0 Å². The number of hydrogen-bond donors (Lipinski definition) is 2. The van der Waals surface area contributed by atoms with Crippen LogP contribution in [0.2, 0.25) is 0 Å². The Morgan fingerprint density at radius 2 is 1.81 bits per heavy atom. The van der Waals surface area contributed by atoms with E-state index in [9.17, 15) is 31.2 Å². The van der Waals surface area contributed by atoms with E-state index >= 15 is 0 Å². The Hall–Kier alpha value is -2.34. The lowest BCUT2D eigenvalue weighted by molar-refractivity contribution is -0.274. The van der Waals surface area contributed by atoms with Crippen molar-refractivity contribution in [2.45, 2.75) is 37.3 Å². The van der Waals surface area contributed by atoms with Crippen LogP contribution in [0.1, 0.15) is 36.0 Å². The summed E-state index contributed by atoms with van der Waals surface area (Å²) in [7, 11) is -3.41. The Bertz CT molecular complexity index is 911. The van der Waals surface area contributed by atoms with E-state index < -0.39 is 28.0 Å². The van der Waals surface area contributed by atoms with Crippen LogP contribution in [0.25, 0.3) is 0 Å². The molecule has 31 heavy (non-hydrogen) atoms. The van der Waals surface area contributed by atoms with E-state index in [1.165, 1.54) is 12.1 Å². The molecule has 8 nitrogen and oxygen atoms in total. The van der Waals surface area contributed by atoms with Crippen molar-refractivity contribution in [2.75, 3.05) is 26.2 Å². The Balaban J connectivity index is 1.40. The summed E-state index contributed by atoms with van der Waals surface area (Å²) in [6, 6.07) is 4.83. The molecule has 0 bridgehead atoms. The Morgan fingerprint density at radius 3 is 2.42 bits per heavy atom. The quantitative estimate of drug-likeness (QED) is 0.610. The molecule has 2 N–H and O–H groups in total. The smallest absolute Gasteiger partial charge is 0.406 e. The van der Waals surface area contributed by atoms with E-state index in [0.717, 1.165) is 12.1 Å². The average Bonchev–Trinajstić information content (AvgIpc) is 3.56. The molecule has 0 aromatic heterocycles. The van der Waals surface area contributed by atoms with Gasteiger partial charge < -0.3 is 15.0 Å². The first-order chi connectivity index (χ1) is 14.5. The minimum absolute atomic E-state index is 0.0531. The topological polar surface area (TPSA) is 105 Å². The average molecular weight is 463 g/mol. The van der Waals surface area contributed by atoms with Crippen LogP contribution in [0.3, 0.4) is 0 Å². The number of hydrogen-bond acceptors (Lipinski definition) is 5. The van der Waals surface area contributed by atoms with Crippen molar-refractivity contribution in [2.24, 2.45) is 5.92 Å². The summed E-state index contributed by atoms with van der Waals surface area (Å²) < 4.78 is 66.7.